The Labute approximate surface area is 90.9 Å². The van der Waals surface area contributed by atoms with E-state index in [1.165, 1.54) is 4.88 Å². The molecule has 0 N–H and O–H groups in total. The number of hydrogen-bond donors (Lipinski definition) is 0. The molecule has 2 aromatic rings. The lowest BCUT2D eigenvalue weighted by molar-refractivity contribution is 0.415. The second-order valence-corrected chi connectivity index (χ2v) is 4.42. The Morgan fingerprint density at radius 3 is 2.79 bits per heavy atom. The molecule has 2 heterocycles. The van der Waals surface area contributed by atoms with Crippen molar-refractivity contribution in [2.75, 3.05) is 7.11 Å². The molecule has 0 aliphatic carbocycles. The number of thiophene rings is 1. The molecule has 0 spiro atoms. The van der Waals surface area contributed by atoms with Gasteiger partial charge in [-0.05, 0) is 19.1 Å². The normalized spacial score (nSPS) is 10.5. The Bertz CT molecular complexity index is 449. The molecule has 0 amide bonds. The van der Waals surface area contributed by atoms with Crippen molar-refractivity contribution >= 4 is 22.9 Å². The van der Waals surface area contributed by atoms with Crippen LogP contribution in [-0.2, 0) is 0 Å². The van der Waals surface area contributed by atoms with Crippen molar-refractivity contribution in [1.29, 1.82) is 0 Å². The molecule has 3 nitrogen and oxygen atoms in total. The Hall–Kier alpha value is -1.00. The van der Waals surface area contributed by atoms with Gasteiger partial charge >= 0.3 is 0 Å². The van der Waals surface area contributed by atoms with Crippen molar-refractivity contribution in [1.82, 2.24) is 9.78 Å². The van der Waals surface area contributed by atoms with Gasteiger partial charge in [-0.25, -0.2) is 4.68 Å². The van der Waals surface area contributed by atoms with Gasteiger partial charge in [-0.1, -0.05) is 11.6 Å². The fourth-order valence-corrected chi connectivity index (χ4v) is 2.28. The average molecular weight is 229 g/mol. The minimum Gasteiger partial charge on any atom is -0.492 e. The van der Waals surface area contributed by atoms with Crippen molar-refractivity contribution in [3.63, 3.8) is 0 Å². The Morgan fingerprint density at radius 1 is 1.50 bits per heavy atom. The van der Waals surface area contributed by atoms with Crippen LogP contribution in [0.3, 0.4) is 0 Å². The number of ether oxygens (including phenoxy) is 1. The third-order valence-corrected chi connectivity index (χ3v) is 3.16. The van der Waals surface area contributed by atoms with E-state index in [0.29, 0.717) is 10.9 Å². The third kappa shape index (κ3) is 1.51. The Morgan fingerprint density at radius 2 is 2.29 bits per heavy atom. The van der Waals surface area contributed by atoms with E-state index in [-0.39, 0.29) is 0 Å². The van der Waals surface area contributed by atoms with Crippen molar-refractivity contribution in [2.24, 2.45) is 0 Å². The van der Waals surface area contributed by atoms with Crippen LogP contribution in [0.5, 0.6) is 5.75 Å². The fraction of sp³-hybridized carbons (Fsp3) is 0.222. The monoisotopic (exact) mass is 228 g/mol. The quantitative estimate of drug-likeness (QED) is 0.790. The van der Waals surface area contributed by atoms with Crippen LogP contribution in [0, 0.1) is 6.92 Å². The van der Waals surface area contributed by atoms with Gasteiger partial charge in [0.05, 0.1) is 13.3 Å². The van der Waals surface area contributed by atoms with Crippen LogP contribution in [0.1, 0.15) is 4.88 Å². The molecule has 0 aromatic carbocycles. The number of rotatable bonds is 2. The summed E-state index contributed by atoms with van der Waals surface area (Å²) in [5.74, 6) is 0.595. The highest BCUT2D eigenvalue weighted by Gasteiger charge is 2.11. The standard InChI is InChI=1S/C9H9ClN2OS/c1-6-3-4-8(14-6)12-9(10)7(13-2)5-11-12/h3-5H,1-2H3. The Kier molecular flexibility index (Phi) is 2.48. The van der Waals surface area contributed by atoms with Crippen LogP contribution in [0.2, 0.25) is 5.15 Å². The molecule has 0 aliphatic rings. The van der Waals surface area contributed by atoms with Crippen LogP contribution in [0.15, 0.2) is 18.3 Å². The van der Waals surface area contributed by atoms with E-state index in [0.717, 1.165) is 5.00 Å². The van der Waals surface area contributed by atoms with Crippen molar-refractivity contribution in [3.8, 4) is 10.8 Å². The van der Waals surface area contributed by atoms with E-state index in [1.807, 2.05) is 19.1 Å². The van der Waals surface area contributed by atoms with Gasteiger partial charge in [0.1, 0.15) is 5.00 Å². The molecular formula is C9H9ClN2OS. The van der Waals surface area contributed by atoms with Gasteiger partial charge in [0.2, 0.25) is 0 Å². The highest BCUT2D eigenvalue weighted by atomic mass is 35.5. The van der Waals surface area contributed by atoms with Gasteiger partial charge in [0.15, 0.2) is 10.9 Å². The zero-order valence-electron chi connectivity index (χ0n) is 7.82. The van der Waals surface area contributed by atoms with Gasteiger partial charge in [0, 0.05) is 4.88 Å². The first-order chi connectivity index (χ1) is 6.72. The third-order valence-electron chi connectivity index (χ3n) is 1.83. The van der Waals surface area contributed by atoms with E-state index in [9.17, 15) is 0 Å². The lowest BCUT2D eigenvalue weighted by Gasteiger charge is -1.98. The minimum absolute atomic E-state index is 0.509. The van der Waals surface area contributed by atoms with E-state index >= 15 is 0 Å². The molecule has 2 aromatic heterocycles. The zero-order valence-corrected chi connectivity index (χ0v) is 9.39. The van der Waals surface area contributed by atoms with Gasteiger partial charge in [-0.15, -0.1) is 11.3 Å². The highest BCUT2D eigenvalue weighted by molar-refractivity contribution is 7.14. The van der Waals surface area contributed by atoms with Gasteiger partial charge < -0.3 is 4.74 Å². The predicted octanol–water partition coefficient (Wildman–Crippen LogP) is 2.90. The van der Waals surface area contributed by atoms with E-state index < -0.39 is 0 Å². The summed E-state index contributed by atoms with van der Waals surface area (Å²) in [6.07, 6.45) is 1.61. The maximum absolute atomic E-state index is 6.05. The van der Waals surface area contributed by atoms with Gasteiger partial charge in [-0.2, -0.15) is 5.10 Å². The molecule has 0 saturated heterocycles. The molecule has 0 saturated carbocycles. The van der Waals surface area contributed by atoms with Crippen molar-refractivity contribution < 1.29 is 4.74 Å². The summed E-state index contributed by atoms with van der Waals surface area (Å²) >= 11 is 7.69. The predicted molar refractivity (Wildman–Crippen MR) is 57.7 cm³/mol. The maximum atomic E-state index is 6.05. The summed E-state index contributed by atoms with van der Waals surface area (Å²) < 4.78 is 6.71. The largest absolute Gasteiger partial charge is 0.492 e. The fourth-order valence-electron chi connectivity index (χ4n) is 1.14. The van der Waals surface area contributed by atoms with E-state index in [4.69, 9.17) is 16.3 Å². The van der Waals surface area contributed by atoms with Gasteiger partial charge in [-0.3, -0.25) is 0 Å². The Balaban J connectivity index is 2.46. The van der Waals surface area contributed by atoms with E-state index in [2.05, 4.69) is 5.10 Å². The molecule has 0 atom stereocenters. The number of aryl methyl sites for hydroxylation is 1. The molecule has 74 valence electrons. The number of aromatic nitrogens is 2. The summed E-state index contributed by atoms with van der Waals surface area (Å²) in [6.45, 7) is 2.04. The molecule has 0 bridgehead atoms. The second-order valence-electron chi connectivity index (χ2n) is 2.80. The summed E-state index contributed by atoms with van der Waals surface area (Å²) in [6, 6.07) is 4.02. The summed E-state index contributed by atoms with van der Waals surface area (Å²) in [4.78, 5) is 1.23. The van der Waals surface area contributed by atoms with Crippen molar-refractivity contribution in [3.05, 3.63) is 28.4 Å². The summed E-state index contributed by atoms with van der Waals surface area (Å²) in [5.41, 5.74) is 0. The molecule has 14 heavy (non-hydrogen) atoms. The minimum atomic E-state index is 0.509. The summed E-state index contributed by atoms with van der Waals surface area (Å²) in [5, 5.41) is 5.65. The van der Waals surface area contributed by atoms with Crippen LogP contribution < -0.4 is 4.74 Å². The lowest BCUT2D eigenvalue weighted by atomic mass is 10.5. The van der Waals surface area contributed by atoms with Crippen molar-refractivity contribution in [2.45, 2.75) is 6.92 Å². The van der Waals surface area contributed by atoms with Crippen LogP contribution in [-0.4, -0.2) is 16.9 Å². The first-order valence-electron chi connectivity index (χ1n) is 4.06. The molecule has 0 aliphatic heterocycles. The zero-order chi connectivity index (χ0) is 10.1. The summed E-state index contributed by atoms with van der Waals surface area (Å²) in [7, 11) is 1.58. The first kappa shape index (κ1) is 9.55. The first-order valence-corrected chi connectivity index (χ1v) is 5.26. The number of methoxy groups -OCH3 is 1. The van der Waals surface area contributed by atoms with E-state index in [1.54, 1.807) is 29.3 Å². The van der Waals surface area contributed by atoms with Crippen LogP contribution in [0.4, 0.5) is 0 Å². The average Bonchev–Trinajstić information content (AvgIpc) is 2.72. The SMILES string of the molecule is COc1cnn(-c2ccc(C)s2)c1Cl. The molecule has 5 heteroatoms. The highest BCUT2D eigenvalue weighted by Crippen LogP contribution is 2.29. The lowest BCUT2D eigenvalue weighted by Crippen LogP contribution is -1.92. The molecule has 2 rings (SSSR count). The topological polar surface area (TPSA) is 27.1 Å². The van der Waals surface area contributed by atoms with Crippen LogP contribution >= 0.6 is 22.9 Å². The molecule has 0 unspecified atom stereocenters. The van der Waals surface area contributed by atoms with Gasteiger partial charge in [0.25, 0.3) is 0 Å². The number of nitrogens with zero attached hydrogens (tertiary/aromatic N) is 2. The maximum Gasteiger partial charge on any atom is 0.176 e. The smallest absolute Gasteiger partial charge is 0.176 e. The second kappa shape index (κ2) is 3.63. The molecule has 0 fully saturated rings. The molecule has 0 radical (unpaired) electrons. The van der Waals surface area contributed by atoms with Crippen LogP contribution in [0.25, 0.3) is 5.00 Å². The number of hydrogen-bond acceptors (Lipinski definition) is 3. The number of halogens is 1. The molecular weight excluding hydrogens is 220 g/mol.